The Hall–Kier alpha value is -3.77. The van der Waals surface area contributed by atoms with Crippen LogP contribution in [-0.2, 0) is 6.54 Å². The normalized spacial score (nSPS) is 13.5. The lowest BCUT2D eigenvalue weighted by molar-refractivity contribution is 0.419. The summed E-state index contributed by atoms with van der Waals surface area (Å²) in [6, 6.07) is 25.7. The van der Waals surface area contributed by atoms with Crippen LogP contribution in [0, 0.1) is 0 Å². The Morgan fingerprint density at radius 2 is 1.73 bits per heavy atom. The average Bonchev–Trinajstić information content (AvgIpc) is 3.35. The maximum absolute atomic E-state index is 11.0. The fraction of sp³-hybridized carbons (Fsp3) is 0.0417. The Morgan fingerprint density at radius 3 is 2.53 bits per heavy atom. The molecule has 3 aromatic carbocycles. The molecule has 1 aliphatic rings. The summed E-state index contributed by atoms with van der Waals surface area (Å²) in [5, 5.41) is 12.9. The molecule has 0 fully saturated rings. The lowest BCUT2D eigenvalue weighted by atomic mass is 10.2. The number of aromatic nitrogens is 1. The van der Waals surface area contributed by atoms with E-state index in [1.807, 2.05) is 89.5 Å². The largest absolute Gasteiger partial charge is 0.493 e. The van der Waals surface area contributed by atoms with Gasteiger partial charge in [-0.25, -0.2) is 15.0 Å². The molecule has 6 heteroatoms. The lowest BCUT2D eigenvalue weighted by Crippen LogP contribution is -2.14. The molecule has 1 aromatic heterocycles. The molecule has 5 rings (SSSR count). The van der Waals surface area contributed by atoms with E-state index in [0.29, 0.717) is 6.54 Å². The highest BCUT2D eigenvalue weighted by molar-refractivity contribution is 7.10. The van der Waals surface area contributed by atoms with Crippen LogP contribution in [0.5, 0.6) is 5.88 Å². The van der Waals surface area contributed by atoms with Crippen molar-refractivity contribution in [3.05, 3.63) is 105 Å². The summed E-state index contributed by atoms with van der Waals surface area (Å²) in [6.07, 6.45) is 3.52. The van der Waals surface area contributed by atoms with Gasteiger partial charge in [-0.2, -0.15) is 0 Å². The molecule has 30 heavy (non-hydrogen) atoms. The Balaban J connectivity index is 1.65. The van der Waals surface area contributed by atoms with Crippen LogP contribution >= 0.6 is 11.3 Å². The highest BCUT2D eigenvalue weighted by Gasteiger charge is 2.12. The molecule has 0 saturated carbocycles. The second kappa shape index (κ2) is 7.93. The van der Waals surface area contributed by atoms with Crippen LogP contribution in [0.1, 0.15) is 10.4 Å². The van der Waals surface area contributed by atoms with Crippen molar-refractivity contribution in [3.8, 4) is 5.88 Å². The highest BCUT2D eigenvalue weighted by atomic mass is 32.1. The van der Waals surface area contributed by atoms with Gasteiger partial charge in [0.25, 0.3) is 0 Å². The predicted octanol–water partition coefficient (Wildman–Crippen LogP) is 3.66. The van der Waals surface area contributed by atoms with Crippen LogP contribution in [0.4, 0.5) is 11.4 Å². The van der Waals surface area contributed by atoms with E-state index >= 15 is 0 Å². The minimum Gasteiger partial charge on any atom is -0.493 e. The highest BCUT2D eigenvalue weighted by Crippen LogP contribution is 2.23. The number of aromatic hydroxyl groups is 1. The number of hydrogen-bond donors (Lipinski definition) is 1. The molecule has 0 saturated heterocycles. The number of aliphatic imine (C=N–C) groups is 1. The molecule has 0 radical (unpaired) electrons. The third-order valence-electron chi connectivity index (χ3n) is 4.76. The van der Waals surface area contributed by atoms with Crippen LogP contribution in [-0.4, -0.2) is 16.0 Å². The van der Waals surface area contributed by atoms with Crippen LogP contribution in [0.3, 0.4) is 0 Å². The smallest absolute Gasteiger partial charge is 0.211 e. The Labute approximate surface area is 177 Å². The van der Waals surface area contributed by atoms with Gasteiger partial charge < -0.3 is 5.11 Å². The van der Waals surface area contributed by atoms with Crippen LogP contribution < -0.4 is 15.4 Å². The quantitative estimate of drug-likeness (QED) is 0.548. The van der Waals surface area contributed by atoms with Crippen molar-refractivity contribution in [2.75, 3.05) is 0 Å². The van der Waals surface area contributed by atoms with E-state index in [1.165, 1.54) is 11.3 Å². The summed E-state index contributed by atoms with van der Waals surface area (Å²) in [5.74, 6) is 0.201. The first-order valence-electron chi connectivity index (χ1n) is 9.55. The SMILES string of the molecule is Oc1c(C=c2ccc3c(c2)N=CN=3)sc(=Nc2ccccc2)n1Cc1ccccc1. The summed E-state index contributed by atoms with van der Waals surface area (Å²) in [7, 11) is 0. The van der Waals surface area contributed by atoms with Gasteiger partial charge in [-0.15, -0.1) is 0 Å². The molecule has 0 unspecified atom stereocenters. The number of fused-ring (bicyclic) bond motifs is 1. The van der Waals surface area contributed by atoms with E-state index in [-0.39, 0.29) is 5.88 Å². The number of nitrogens with zero attached hydrogens (tertiary/aromatic N) is 4. The average molecular weight is 411 g/mol. The Morgan fingerprint density at radius 1 is 0.967 bits per heavy atom. The molecule has 1 aliphatic heterocycles. The topological polar surface area (TPSA) is 62.2 Å². The third-order valence-corrected chi connectivity index (χ3v) is 5.78. The molecule has 0 bridgehead atoms. The Bertz CT molecular complexity index is 1420. The van der Waals surface area contributed by atoms with Gasteiger partial charge in [-0.1, -0.05) is 65.9 Å². The van der Waals surface area contributed by atoms with E-state index in [0.717, 1.165) is 37.2 Å². The zero-order chi connectivity index (χ0) is 20.3. The molecule has 146 valence electrons. The molecule has 2 heterocycles. The van der Waals surface area contributed by atoms with Crippen molar-refractivity contribution in [3.63, 3.8) is 0 Å². The number of benzene rings is 3. The maximum Gasteiger partial charge on any atom is 0.211 e. The maximum atomic E-state index is 11.0. The molecule has 4 aromatic rings. The molecular formula is C24H18N4OS. The van der Waals surface area contributed by atoms with E-state index in [1.54, 1.807) is 6.34 Å². The van der Waals surface area contributed by atoms with Crippen LogP contribution in [0.25, 0.3) is 6.08 Å². The number of hydrogen-bond acceptors (Lipinski definition) is 5. The zero-order valence-electron chi connectivity index (χ0n) is 16.0. The van der Waals surface area contributed by atoms with E-state index < -0.39 is 0 Å². The first-order chi connectivity index (χ1) is 14.8. The van der Waals surface area contributed by atoms with Gasteiger partial charge in [0.1, 0.15) is 6.34 Å². The zero-order valence-corrected chi connectivity index (χ0v) is 16.8. The second-order valence-electron chi connectivity index (χ2n) is 6.86. The molecule has 0 amide bonds. The molecule has 0 aliphatic carbocycles. The van der Waals surface area contributed by atoms with Gasteiger partial charge in [0, 0.05) is 0 Å². The number of para-hydroxylation sites is 1. The van der Waals surface area contributed by atoms with Crippen molar-refractivity contribution in [1.29, 1.82) is 0 Å². The van der Waals surface area contributed by atoms with Gasteiger partial charge in [0.2, 0.25) is 5.88 Å². The first kappa shape index (κ1) is 18.3. The van der Waals surface area contributed by atoms with Gasteiger partial charge in [-0.05, 0) is 41.1 Å². The molecule has 5 nitrogen and oxygen atoms in total. The second-order valence-corrected chi connectivity index (χ2v) is 7.87. The summed E-state index contributed by atoms with van der Waals surface area (Å²) >= 11 is 1.46. The van der Waals surface area contributed by atoms with E-state index in [9.17, 15) is 5.11 Å². The summed E-state index contributed by atoms with van der Waals surface area (Å²) in [4.78, 5) is 14.7. The lowest BCUT2D eigenvalue weighted by Gasteiger charge is -2.05. The molecule has 1 N–H and O–H groups in total. The van der Waals surface area contributed by atoms with Gasteiger partial charge in [0.05, 0.1) is 28.2 Å². The molecular weight excluding hydrogens is 392 g/mol. The Kier molecular flexibility index (Phi) is 4.83. The van der Waals surface area contributed by atoms with Crippen LogP contribution in [0.15, 0.2) is 93.8 Å². The monoisotopic (exact) mass is 410 g/mol. The van der Waals surface area contributed by atoms with Crippen molar-refractivity contribution < 1.29 is 5.11 Å². The van der Waals surface area contributed by atoms with Crippen molar-refractivity contribution in [2.45, 2.75) is 6.54 Å². The summed E-state index contributed by atoms with van der Waals surface area (Å²) < 4.78 is 1.85. The van der Waals surface area contributed by atoms with Gasteiger partial charge in [0.15, 0.2) is 4.80 Å². The molecule has 0 spiro atoms. The van der Waals surface area contributed by atoms with Crippen molar-refractivity contribution in [1.82, 2.24) is 4.57 Å². The number of rotatable bonds is 4. The molecule has 0 atom stereocenters. The number of thiazole rings is 1. The van der Waals surface area contributed by atoms with Gasteiger partial charge >= 0.3 is 0 Å². The standard InChI is InChI=1S/C24H18N4OS/c29-23-22(14-18-11-12-20-21(13-18)26-16-25-20)30-24(27-19-9-5-2-6-10-19)28(23)15-17-7-3-1-4-8-17/h1-14,16,29H,15H2. The van der Waals surface area contributed by atoms with E-state index in [4.69, 9.17) is 4.99 Å². The van der Waals surface area contributed by atoms with Crippen molar-refractivity contribution in [2.24, 2.45) is 15.0 Å². The predicted molar refractivity (Wildman–Crippen MR) is 120 cm³/mol. The van der Waals surface area contributed by atoms with Crippen LogP contribution in [0.2, 0.25) is 0 Å². The minimum atomic E-state index is 0.201. The summed E-state index contributed by atoms with van der Waals surface area (Å²) in [5.41, 5.74) is 2.78. The summed E-state index contributed by atoms with van der Waals surface area (Å²) in [6.45, 7) is 0.538. The van der Waals surface area contributed by atoms with Crippen molar-refractivity contribution >= 4 is 35.1 Å². The first-order valence-corrected chi connectivity index (χ1v) is 10.4. The van der Waals surface area contributed by atoms with E-state index in [2.05, 4.69) is 9.98 Å². The third kappa shape index (κ3) is 3.73. The fourth-order valence-electron chi connectivity index (χ4n) is 3.27. The minimum absolute atomic E-state index is 0.201. The fourth-order valence-corrected chi connectivity index (χ4v) is 4.27. The van der Waals surface area contributed by atoms with Gasteiger partial charge in [-0.3, -0.25) is 4.57 Å².